The number of tetrazole rings is 1. The molecule has 0 aliphatic carbocycles. The zero-order valence-corrected chi connectivity index (χ0v) is 19.0. The number of aromatic amines is 1. The minimum absolute atomic E-state index is 0.0663. The Morgan fingerprint density at radius 2 is 1.94 bits per heavy atom. The molecule has 32 heavy (non-hydrogen) atoms. The summed E-state index contributed by atoms with van der Waals surface area (Å²) in [6.07, 6.45) is 6.89. The monoisotopic (exact) mass is 436 g/mol. The van der Waals surface area contributed by atoms with Crippen LogP contribution in [0.2, 0.25) is 0 Å². The number of ether oxygens (including phenoxy) is 1. The van der Waals surface area contributed by atoms with Crippen LogP contribution in [0.4, 0.5) is 0 Å². The van der Waals surface area contributed by atoms with Crippen molar-refractivity contribution >= 4 is 10.9 Å². The number of pyridine rings is 1. The largest absolute Gasteiger partial charge is 0.376 e. The molecule has 4 heterocycles. The molecule has 2 atom stereocenters. The summed E-state index contributed by atoms with van der Waals surface area (Å²) >= 11 is 0. The summed E-state index contributed by atoms with van der Waals surface area (Å²) in [5.74, 6) is 0.733. The van der Waals surface area contributed by atoms with Gasteiger partial charge >= 0.3 is 0 Å². The minimum atomic E-state index is -0.279. The third-order valence-electron chi connectivity index (χ3n) is 6.85. The maximum absolute atomic E-state index is 13.4. The number of likely N-dealkylation sites (tertiary alicyclic amines) is 1. The molecule has 3 aromatic rings. The lowest BCUT2D eigenvalue weighted by Crippen LogP contribution is -2.36. The summed E-state index contributed by atoms with van der Waals surface area (Å²) in [7, 11) is 0. The van der Waals surface area contributed by atoms with Crippen LogP contribution in [0, 0.1) is 13.8 Å². The van der Waals surface area contributed by atoms with Crippen LogP contribution < -0.4 is 5.56 Å². The first-order chi connectivity index (χ1) is 15.6. The molecule has 0 saturated carbocycles. The average Bonchev–Trinajstić information content (AvgIpc) is 3.36. The van der Waals surface area contributed by atoms with Crippen molar-refractivity contribution in [2.45, 2.75) is 71.1 Å². The van der Waals surface area contributed by atoms with E-state index >= 15 is 0 Å². The maximum atomic E-state index is 13.4. The SMILES string of the molecule is Cc1cc(C)c2cc([C@@H](c3nnnn3C[C@@H]3CCCO3)N3CCCCCC3)c(=O)[nH]c2c1. The van der Waals surface area contributed by atoms with Gasteiger partial charge in [0.25, 0.3) is 5.56 Å². The second kappa shape index (κ2) is 9.11. The van der Waals surface area contributed by atoms with Crippen LogP contribution in [0.25, 0.3) is 10.9 Å². The molecule has 2 saturated heterocycles. The van der Waals surface area contributed by atoms with Crippen LogP contribution >= 0.6 is 0 Å². The molecule has 0 radical (unpaired) electrons. The van der Waals surface area contributed by atoms with Crippen LogP contribution in [0.15, 0.2) is 23.0 Å². The van der Waals surface area contributed by atoms with Crippen molar-refractivity contribution in [1.82, 2.24) is 30.1 Å². The Bertz CT molecular complexity index is 1140. The highest BCUT2D eigenvalue weighted by molar-refractivity contribution is 5.83. The molecule has 8 heteroatoms. The molecule has 8 nitrogen and oxygen atoms in total. The van der Waals surface area contributed by atoms with E-state index in [0.29, 0.717) is 6.54 Å². The van der Waals surface area contributed by atoms with Crippen molar-refractivity contribution in [3.8, 4) is 0 Å². The molecular weight excluding hydrogens is 404 g/mol. The van der Waals surface area contributed by atoms with Crippen molar-refractivity contribution < 1.29 is 4.74 Å². The Morgan fingerprint density at radius 1 is 1.12 bits per heavy atom. The fourth-order valence-corrected chi connectivity index (χ4v) is 5.26. The zero-order chi connectivity index (χ0) is 22.1. The fraction of sp³-hybridized carbons (Fsp3) is 0.583. The Labute approximate surface area is 188 Å². The van der Waals surface area contributed by atoms with Crippen LogP contribution in [0.1, 0.15) is 67.1 Å². The van der Waals surface area contributed by atoms with Gasteiger partial charge in [0.15, 0.2) is 5.82 Å². The molecule has 0 bridgehead atoms. The number of hydrogen-bond donors (Lipinski definition) is 1. The second-order valence-electron chi connectivity index (χ2n) is 9.30. The Kier molecular flexibility index (Phi) is 6.06. The highest BCUT2D eigenvalue weighted by Gasteiger charge is 2.32. The third kappa shape index (κ3) is 4.21. The molecule has 0 unspecified atom stereocenters. The summed E-state index contributed by atoms with van der Waals surface area (Å²) in [5.41, 5.74) is 3.83. The number of rotatable bonds is 5. The van der Waals surface area contributed by atoms with Gasteiger partial charge < -0.3 is 9.72 Å². The number of aromatic nitrogens is 5. The van der Waals surface area contributed by atoms with E-state index in [4.69, 9.17) is 4.74 Å². The average molecular weight is 437 g/mol. The van der Waals surface area contributed by atoms with E-state index in [1.807, 2.05) is 10.7 Å². The molecule has 1 N–H and O–H groups in total. The standard InChI is InChI=1S/C24H32N6O2/c1-16-12-17(2)19-14-20(24(31)25-21(19)13-16)22(29-9-5-3-4-6-10-29)23-26-27-28-30(23)15-18-8-7-11-32-18/h12-14,18,22H,3-11,15H2,1-2H3,(H,25,31)/t18-,22-/m0/s1. The number of hydrogen-bond acceptors (Lipinski definition) is 6. The predicted molar refractivity (Wildman–Crippen MR) is 123 cm³/mol. The molecule has 5 rings (SSSR count). The minimum Gasteiger partial charge on any atom is -0.376 e. The second-order valence-corrected chi connectivity index (χ2v) is 9.30. The predicted octanol–water partition coefficient (Wildman–Crippen LogP) is 3.28. The van der Waals surface area contributed by atoms with Crippen molar-refractivity contribution in [3.63, 3.8) is 0 Å². The lowest BCUT2D eigenvalue weighted by atomic mass is 9.99. The van der Waals surface area contributed by atoms with Crippen LogP contribution in [-0.4, -0.2) is 55.9 Å². The number of fused-ring (bicyclic) bond motifs is 1. The van der Waals surface area contributed by atoms with Crippen molar-refractivity contribution in [2.75, 3.05) is 19.7 Å². The molecule has 0 amide bonds. The topological polar surface area (TPSA) is 88.9 Å². The molecule has 170 valence electrons. The normalized spacial score (nSPS) is 21.1. The van der Waals surface area contributed by atoms with E-state index in [1.165, 1.54) is 12.8 Å². The number of aryl methyl sites for hydroxylation is 2. The lowest BCUT2D eigenvalue weighted by Gasteiger charge is -2.30. The van der Waals surface area contributed by atoms with Crippen LogP contribution in [0.3, 0.4) is 0 Å². The van der Waals surface area contributed by atoms with E-state index in [-0.39, 0.29) is 17.7 Å². The maximum Gasteiger partial charge on any atom is 0.253 e. The molecule has 0 spiro atoms. The summed E-state index contributed by atoms with van der Waals surface area (Å²) in [5, 5.41) is 13.8. The quantitative estimate of drug-likeness (QED) is 0.660. The van der Waals surface area contributed by atoms with E-state index in [9.17, 15) is 4.79 Å². The number of benzene rings is 1. The molecule has 2 fully saturated rings. The summed E-state index contributed by atoms with van der Waals surface area (Å²) < 4.78 is 7.70. The summed E-state index contributed by atoms with van der Waals surface area (Å²) in [6, 6.07) is 5.98. The number of nitrogens with one attached hydrogen (secondary N) is 1. The Morgan fingerprint density at radius 3 is 2.69 bits per heavy atom. The third-order valence-corrected chi connectivity index (χ3v) is 6.85. The van der Waals surface area contributed by atoms with Crippen LogP contribution in [0.5, 0.6) is 0 Å². The molecular formula is C24H32N6O2. The number of nitrogens with zero attached hydrogens (tertiary/aromatic N) is 5. The molecule has 2 aliphatic heterocycles. The van der Waals surface area contributed by atoms with E-state index in [1.54, 1.807) is 0 Å². The zero-order valence-electron chi connectivity index (χ0n) is 19.0. The first-order valence-corrected chi connectivity index (χ1v) is 11.9. The van der Waals surface area contributed by atoms with Crippen LogP contribution in [-0.2, 0) is 11.3 Å². The van der Waals surface area contributed by atoms with Crippen molar-refractivity contribution in [3.05, 3.63) is 51.1 Å². The van der Waals surface area contributed by atoms with Gasteiger partial charge in [0.2, 0.25) is 0 Å². The molecule has 1 aromatic carbocycles. The molecule has 2 aliphatic rings. The summed E-state index contributed by atoms with van der Waals surface area (Å²) in [6.45, 7) is 7.43. The van der Waals surface area contributed by atoms with Gasteiger partial charge in [0.1, 0.15) is 6.04 Å². The first-order valence-electron chi connectivity index (χ1n) is 11.9. The van der Waals surface area contributed by atoms with Gasteiger partial charge in [-0.25, -0.2) is 4.68 Å². The van der Waals surface area contributed by atoms with Crippen molar-refractivity contribution in [1.29, 1.82) is 0 Å². The van der Waals surface area contributed by atoms with Gasteiger partial charge in [-0.1, -0.05) is 18.9 Å². The first kappa shape index (κ1) is 21.3. The van der Waals surface area contributed by atoms with Gasteiger partial charge in [-0.05, 0) is 86.3 Å². The lowest BCUT2D eigenvalue weighted by molar-refractivity contribution is 0.0909. The smallest absolute Gasteiger partial charge is 0.253 e. The van der Waals surface area contributed by atoms with Gasteiger partial charge in [-0.15, -0.1) is 5.10 Å². The van der Waals surface area contributed by atoms with Gasteiger partial charge in [-0.2, -0.15) is 0 Å². The van der Waals surface area contributed by atoms with Gasteiger partial charge in [0, 0.05) is 23.1 Å². The summed E-state index contributed by atoms with van der Waals surface area (Å²) in [4.78, 5) is 18.9. The van der Waals surface area contributed by atoms with Gasteiger partial charge in [-0.3, -0.25) is 9.69 Å². The number of H-pyrrole nitrogens is 1. The van der Waals surface area contributed by atoms with E-state index in [0.717, 1.165) is 78.8 Å². The Balaban J connectivity index is 1.62. The fourth-order valence-electron chi connectivity index (χ4n) is 5.26. The Hall–Kier alpha value is -2.58. The van der Waals surface area contributed by atoms with E-state index < -0.39 is 0 Å². The van der Waals surface area contributed by atoms with Gasteiger partial charge in [0.05, 0.1) is 12.6 Å². The molecule has 2 aromatic heterocycles. The van der Waals surface area contributed by atoms with E-state index in [2.05, 4.69) is 51.4 Å². The highest BCUT2D eigenvalue weighted by atomic mass is 16.5. The van der Waals surface area contributed by atoms with Crippen molar-refractivity contribution in [2.24, 2.45) is 0 Å². The highest BCUT2D eigenvalue weighted by Crippen LogP contribution is 2.30.